The lowest BCUT2D eigenvalue weighted by atomic mass is 9.99. The molecule has 0 aromatic heterocycles. The molecule has 0 radical (unpaired) electrons. The third-order valence-corrected chi connectivity index (χ3v) is 8.51. The maximum absolute atomic E-state index is 13.6. The second kappa shape index (κ2) is 12.2. The highest BCUT2D eigenvalue weighted by Crippen LogP contribution is 2.33. The zero-order chi connectivity index (χ0) is 27.1. The van der Waals surface area contributed by atoms with Gasteiger partial charge in [0.25, 0.3) is 10.0 Å². The van der Waals surface area contributed by atoms with Gasteiger partial charge in [-0.2, -0.15) is 0 Å². The van der Waals surface area contributed by atoms with Gasteiger partial charge in [-0.3, -0.25) is 9.10 Å². The highest BCUT2D eigenvalue weighted by molar-refractivity contribution is 7.92. The molecule has 0 aliphatic carbocycles. The van der Waals surface area contributed by atoms with Crippen molar-refractivity contribution in [3.05, 3.63) is 78.4 Å². The Balaban J connectivity index is 1.50. The van der Waals surface area contributed by atoms with Crippen LogP contribution in [0.4, 0.5) is 11.4 Å². The van der Waals surface area contributed by atoms with Crippen LogP contribution >= 0.6 is 0 Å². The fraction of sp³-hybridized carbons (Fsp3) is 0.345. The van der Waals surface area contributed by atoms with Crippen molar-refractivity contribution in [1.82, 2.24) is 5.32 Å². The van der Waals surface area contributed by atoms with Gasteiger partial charge in [0.05, 0.1) is 24.8 Å². The summed E-state index contributed by atoms with van der Waals surface area (Å²) in [6.45, 7) is 4.29. The molecule has 202 valence electrons. The molecule has 1 amide bonds. The number of carbonyl (C=O) groups excluding carboxylic acids is 1. The molecule has 4 rings (SSSR count). The number of hydrogen-bond acceptors (Lipinski definition) is 6. The molecule has 3 aromatic carbocycles. The summed E-state index contributed by atoms with van der Waals surface area (Å²) in [4.78, 5) is 15.5. The summed E-state index contributed by atoms with van der Waals surface area (Å²) < 4.78 is 38.9. The van der Waals surface area contributed by atoms with Crippen molar-refractivity contribution >= 4 is 27.3 Å². The molecule has 0 saturated carbocycles. The van der Waals surface area contributed by atoms with Gasteiger partial charge < -0.3 is 19.7 Å². The average molecular weight is 538 g/mol. The molecule has 1 aliphatic heterocycles. The Bertz CT molecular complexity index is 1330. The first-order valence-corrected chi connectivity index (χ1v) is 14.2. The fourth-order valence-electron chi connectivity index (χ4n) is 4.65. The summed E-state index contributed by atoms with van der Waals surface area (Å²) >= 11 is 0. The summed E-state index contributed by atoms with van der Waals surface area (Å²) in [6.07, 6.45) is 2.46. The van der Waals surface area contributed by atoms with Crippen LogP contribution in [0, 0.1) is 5.92 Å². The second-order valence-corrected chi connectivity index (χ2v) is 11.4. The normalized spacial score (nSPS) is 15.6. The van der Waals surface area contributed by atoms with Crippen LogP contribution in [0.5, 0.6) is 11.5 Å². The van der Waals surface area contributed by atoms with Gasteiger partial charge in [-0.25, -0.2) is 8.42 Å². The van der Waals surface area contributed by atoms with Crippen LogP contribution in [0.15, 0.2) is 77.7 Å². The number of nitrogens with zero attached hydrogens (tertiary/aromatic N) is 2. The first-order valence-electron chi connectivity index (χ1n) is 12.7. The summed E-state index contributed by atoms with van der Waals surface area (Å²) in [6, 6.07) is 21.0. The predicted octanol–water partition coefficient (Wildman–Crippen LogP) is 4.45. The molecule has 1 aliphatic rings. The topological polar surface area (TPSA) is 88.2 Å². The molecule has 1 unspecified atom stereocenters. The number of amides is 1. The van der Waals surface area contributed by atoms with Gasteiger partial charge in [-0.05, 0) is 60.7 Å². The van der Waals surface area contributed by atoms with E-state index in [1.165, 1.54) is 44.9 Å². The van der Waals surface area contributed by atoms with Gasteiger partial charge >= 0.3 is 0 Å². The minimum Gasteiger partial charge on any atom is -0.493 e. The standard InChI is InChI=1S/C29H35N3O5S/c1-22-8-7-17-31(20-22)24-13-11-23(12-14-24)19-30-29(33)21-32(38(34,35)26-9-5-4-6-10-26)25-15-16-27(36-2)28(18-25)37-3/h4-6,9-16,18,22H,7-8,17,19-21H2,1-3H3,(H,30,33). The Morgan fingerprint density at radius 1 is 1.00 bits per heavy atom. The smallest absolute Gasteiger partial charge is 0.264 e. The van der Waals surface area contributed by atoms with Gasteiger partial charge in [-0.1, -0.05) is 37.3 Å². The molecule has 1 saturated heterocycles. The van der Waals surface area contributed by atoms with E-state index in [-0.39, 0.29) is 4.90 Å². The minimum atomic E-state index is -4.03. The SMILES string of the molecule is COc1ccc(N(CC(=O)NCc2ccc(N3CCCC(C)C3)cc2)S(=O)(=O)c2ccccc2)cc1OC. The molecular formula is C29H35N3O5S. The van der Waals surface area contributed by atoms with Gasteiger partial charge in [0, 0.05) is 31.4 Å². The number of anilines is 2. The number of benzene rings is 3. The van der Waals surface area contributed by atoms with E-state index < -0.39 is 22.5 Å². The molecule has 8 nitrogen and oxygen atoms in total. The van der Waals surface area contributed by atoms with Gasteiger partial charge in [0.1, 0.15) is 6.54 Å². The van der Waals surface area contributed by atoms with Gasteiger partial charge in [-0.15, -0.1) is 0 Å². The first kappa shape index (κ1) is 27.3. The number of hydrogen-bond donors (Lipinski definition) is 1. The number of carbonyl (C=O) groups is 1. The predicted molar refractivity (Wildman–Crippen MR) is 149 cm³/mol. The molecule has 1 N–H and O–H groups in total. The van der Waals surface area contributed by atoms with E-state index in [0.29, 0.717) is 29.6 Å². The molecule has 9 heteroatoms. The number of nitrogens with one attached hydrogen (secondary N) is 1. The maximum Gasteiger partial charge on any atom is 0.264 e. The van der Waals surface area contributed by atoms with Crippen molar-refractivity contribution in [3.63, 3.8) is 0 Å². The van der Waals surface area contributed by atoms with Crippen LogP contribution in [0.1, 0.15) is 25.3 Å². The zero-order valence-electron chi connectivity index (χ0n) is 22.1. The number of methoxy groups -OCH3 is 2. The van der Waals surface area contributed by atoms with E-state index in [9.17, 15) is 13.2 Å². The Morgan fingerprint density at radius 2 is 1.71 bits per heavy atom. The van der Waals surface area contributed by atoms with Crippen LogP contribution in [0.2, 0.25) is 0 Å². The van der Waals surface area contributed by atoms with Crippen molar-refractivity contribution < 1.29 is 22.7 Å². The summed E-state index contributed by atoms with van der Waals surface area (Å²) in [5, 5.41) is 2.87. The number of rotatable bonds is 10. The summed E-state index contributed by atoms with van der Waals surface area (Å²) in [7, 11) is -1.05. The lowest BCUT2D eigenvalue weighted by molar-refractivity contribution is -0.119. The molecule has 1 heterocycles. The number of sulfonamides is 1. The summed E-state index contributed by atoms with van der Waals surface area (Å²) in [5.41, 5.74) is 2.41. The largest absolute Gasteiger partial charge is 0.493 e. The van der Waals surface area contributed by atoms with Crippen molar-refractivity contribution in [3.8, 4) is 11.5 Å². The molecule has 1 atom stereocenters. The van der Waals surface area contributed by atoms with Crippen LogP contribution in [-0.2, 0) is 21.4 Å². The second-order valence-electron chi connectivity index (χ2n) is 9.50. The van der Waals surface area contributed by atoms with Crippen molar-refractivity contribution in [1.29, 1.82) is 0 Å². The lowest BCUT2D eigenvalue weighted by Gasteiger charge is -2.32. The third-order valence-electron chi connectivity index (χ3n) is 6.72. The Hall–Kier alpha value is -3.72. The van der Waals surface area contributed by atoms with E-state index in [4.69, 9.17) is 9.47 Å². The van der Waals surface area contributed by atoms with Crippen LogP contribution < -0.4 is 24.0 Å². The lowest BCUT2D eigenvalue weighted by Crippen LogP contribution is -2.40. The van der Waals surface area contributed by atoms with E-state index in [0.717, 1.165) is 23.0 Å². The van der Waals surface area contributed by atoms with Crippen molar-refractivity contribution in [2.75, 3.05) is 43.1 Å². The van der Waals surface area contributed by atoms with Crippen LogP contribution in [0.25, 0.3) is 0 Å². The number of ether oxygens (including phenoxy) is 2. The molecule has 1 fully saturated rings. The Kier molecular flexibility index (Phi) is 8.78. The van der Waals surface area contributed by atoms with E-state index >= 15 is 0 Å². The molecular weight excluding hydrogens is 502 g/mol. The number of piperidine rings is 1. The van der Waals surface area contributed by atoms with Crippen LogP contribution in [-0.4, -0.2) is 48.2 Å². The molecule has 0 spiro atoms. The van der Waals surface area contributed by atoms with E-state index in [1.807, 2.05) is 12.1 Å². The molecule has 3 aromatic rings. The van der Waals surface area contributed by atoms with Crippen LogP contribution in [0.3, 0.4) is 0 Å². The molecule has 0 bridgehead atoms. The zero-order valence-corrected chi connectivity index (χ0v) is 22.9. The third kappa shape index (κ3) is 6.39. The molecule has 38 heavy (non-hydrogen) atoms. The Labute approximate surface area is 225 Å². The highest BCUT2D eigenvalue weighted by atomic mass is 32.2. The van der Waals surface area contributed by atoms with Crippen molar-refractivity contribution in [2.24, 2.45) is 5.92 Å². The monoisotopic (exact) mass is 537 g/mol. The maximum atomic E-state index is 13.6. The first-order chi connectivity index (χ1) is 18.3. The van der Waals surface area contributed by atoms with Gasteiger partial charge in [0.2, 0.25) is 5.91 Å². The van der Waals surface area contributed by atoms with Crippen molar-refractivity contribution in [2.45, 2.75) is 31.2 Å². The minimum absolute atomic E-state index is 0.0882. The average Bonchev–Trinajstić information content (AvgIpc) is 2.95. The summed E-state index contributed by atoms with van der Waals surface area (Å²) in [5.74, 6) is 1.08. The van der Waals surface area contributed by atoms with E-state index in [1.54, 1.807) is 36.4 Å². The quantitative estimate of drug-likeness (QED) is 0.411. The van der Waals surface area contributed by atoms with E-state index in [2.05, 4.69) is 29.3 Å². The van der Waals surface area contributed by atoms with Gasteiger partial charge in [0.15, 0.2) is 11.5 Å². The highest BCUT2D eigenvalue weighted by Gasteiger charge is 2.28. The Morgan fingerprint density at radius 3 is 2.37 bits per heavy atom. The fourth-order valence-corrected chi connectivity index (χ4v) is 6.08.